The molecule has 1 aromatic carbocycles. The molecule has 0 aliphatic rings. The summed E-state index contributed by atoms with van der Waals surface area (Å²) >= 11 is 0. The number of carbonyl (C=O) groups excluding carboxylic acids is 1. The molecule has 0 saturated heterocycles. The summed E-state index contributed by atoms with van der Waals surface area (Å²) in [6.45, 7) is 5.83. The number of carbonyl (C=O) groups is 1. The van der Waals surface area contributed by atoms with Crippen LogP contribution >= 0.6 is 0 Å². The van der Waals surface area contributed by atoms with Gasteiger partial charge in [-0.1, -0.05) is 31.5 Å². The highest BCUT2D eigenvalue weighted by Gasteiger charge is 2.08. The zero-order valence-corrected chi connectivity index (χ0v) is 9.26. The van der Waals surface area contributed by atoms with Gasteiger partial charge in [0, 0.05) is 5.56 Å². The van der Waals surface area contributed by atoms with Crippen molar-refractivity contribution in [3.63, 3.8) is 0 Å². The Kier molecular flexibility index (Phi) is 3.87. The molecule has 0 fully saturated rings. The number of rotatable bonds is 4. The largest absolute Gasteiger partial charge is 0.294 e. The predicted octanol–water partition coefficient (Wildman–Crippen LogP) is 3.54. The maximum Gasteiger partial charge on any atom is 0.160 e. The summed E-state index contributed by atoms with van der Waals surface area (Å²) in [7, 11) is 0. The van der Waals surface area contributed by atoms with Crippen LogP contribution in [0.25, 0.3) is 0 Å². The van der Waals surface area contributed by atoms with Gasteiger partial charge in [-0.25, -0.2) is 0 Å². The summed E-state index contributed by atoms with van der Waals surface area (Å²) in [6, 6.07) is 6.11. The molecular formula is C13H18O. The van der Waals surface area contributed by atoms with E-state index >= 15 is 0 Å². The van der Waals surface area contributed by atoms with E-state index in [1.807, 2.05) is 19.1 Å². The lowest BCUT2D eigenvalue weighted by atomic mass is 9.95. The lowest BCUT2D eigenvalue weighted by Gasteiger charge is -2.08. The first-order chi connectivity index (χ1) is 6.66. The van der Waals surface area contributed by atoms with Crippen LogP contribution in [-0.2, 0) is 6.42 Å². The number of hydrogen-bond acceptors (Lipinski definition) is 1. The molecule has 0 atom stereocenters. The average molecular weight is 190 g/mol. The Morgan fingerprint density at radius 2 is 2.07 bits per heavy atom. The fourth-order valence-electron chi connectivity index (χ4n) is 1.81. The van der Waals surface area contributed by atoms with E-state index in [4.69, 9.17) is 0 Å². The number of hydrogen-bond donors (Lipinski definition) is 0. The summed E-state index contributed by atoms with van der Waals surface area (Å²) in [5.41, 5.74) is 3.24. The van der Waals surface area contributed by atoms with E-state index < -0.39 is 0 Å². The highest BCUT2D eigenvalue weighted by atomic mass is 16.1. The molecule has 0 aliphatic heterocycles. The van der Waals surface area contributed by atoms with Crippen molar-refractivity contribution in [2.75, 3.05) is 0 Å². The van der Waals surface area contributed by atoms with Gasteiger partial charge in [0.2, 0.25) is 0 Å². The normalized spacial score (nSPS) is 10.2. The number of Topliss-reactive ketones (excluding diaryl/α,β-unsaturated/α-hetero) is 1. The highest BCUT2D eigenvalue weighted by molar-refractivity contribution is 5.97. The van der Waals surface area contributed by atoms with Crippen LogP contribution in [0.4, 0.5) is 0 Å². The zero-order valence-electron chi connectivity index (χ0n) is 9.26. The van der Waals surface area contributed by atoms with E-state index in [9.17, 15) is 4.79 Å². The Hall–Kier alpha value is -1.11. The molecule has 0 aromatic heterocycles. The molecule has 0 aliphatic carbocycles. The first-order valence-electron chi connectivity index (χ1n) is 5.26. The van der Waals surface area contributed by atoms with Gasteiger partial charge in [0.25, 0.3) is 0 Å². The second-order valence-electron chi connectivity index (χ2n) is 3.77. The van der Waals surface area contributed by atoms with Crippen LogP contribution in [0.15, 0.2) is 18.2 Å². The average Bonchev–Trinajstić information content (AvgIpc) is 2.14. The van der Waals surface area contributed by atoms with Crippen molar-refractivity contribution in [3.8, 4) is 0 Å². The van der Waals surface area contributed by atoms with Crippen molar-refractivity contribution < 1.29 is 4.79 Å². The number of benzene rings is 1. The minimum atomic E-state index is 0.189. The Labute approximate surface area is 86.1 Å². The van der Waals surface area contributed by atoms with Gasteiger partial charge >= 0.3 is 0 Å². The Bertz CT molecular complexity index is 326. The smallest absolute Gasteiger partial charge is 0.160 e. The monoisotopic (exact) mass is 190 g/mol. The molecule has 14 heavy (non-hydrogen) atoms. The van der Waals surface area contributed by atoms with Gasteiger partial charge in [0.1, 0.15) is 0 Å². The van der Waals surface area contributed by atoms with Crippen molar-refractivity contribution in [1.82, 2.24) is 0 Å². The van der Waals surface area contributed by atoms with Crippen LogP contribution in [0.3, 0.4) is 0 Å². The Morgan fingerprint density at radius 1 is 1.36 bits per heavy atom. The lowest BCUT2D eigenvalue weighted by molar-refractivity contribution is 0.101. The van der Waals surface area contributed by atoms with Crippen LogP contribution in [0.1, 0.15) is 48.2 Å². The molecule has 1 rings (SSSR count). The van der Waals surface area contributed by atoms with E-state index in [0.717, 1.165) is 24.0 Å². The number of ketones is 1. The van der Waals surface area contributed by atoms with Crippen molar-refractivity contribution in [1.29, 1.82) is 0 Å². The van der Waals surface area contributed by atoms with Crippen LogP contribution in [0, 0.1) is 6.92 Å². The second kappa shape index (κ2) is 4.94. The third kappa shape index (κ3) is 2.44. The summed E-state index contributed by atoms with van der Waals surface area (Å²) in [4.78, 5) is 11.5. The Balaban J connectivity index is 3.02. The van der Waals surface area contributed by atoms with Gasteiger partial charge in [-0.2, -0.15) is 0 Å². The maximum absolute atomic E-state index is 11.5. The number of unbranched alkanes of at least 4 members (excludes halogenated alkanes) is 1. The quantitative estimate of drug-likeness (QED) is 0.664. The predicted molar refractivity (Wildman–Crippen MR) is 59.8 cm³/mol. The van der Waals surface area contributed by atoms with Crippen LogP contribution in [0.2, 0.25) is 0 Å². The van der Waals surface area contributed by atoms with E-state index in [1.165, 1.54) is 12.0 Å². The van der Waals surface area contributed by atoms with Gasteiger partial charge in [0.15, 0.2) is 5.78 Å². The summed E-state index contributed by atoms with van der Waals surface area (Å²) in [5.74, 6) is 0.189. The third-order valence-electron chi connectivity index (χ3n) is 2.51. The van der Waals surface area contributed by atoms with Gasteiger partial charge in [-0.15, -0.1) is 0 Å². The zero-order chi connectivity index (χ0) is 10.6. The molecule has 1 nitrogen and oxygen atoms in total. The van der Waals surface area contributed by atoms with Crippen LogP contribution in [0.5, 0.6) is 0 Å². The van der Waals surface area contributed by atoms with E-state index in [-0.39, 0.29) is 5.78 Å². The van der Waals surface area contributed by atoms with Gasteiger partial charge < -0.3 is 0 Å². The van der Waals surface area contributed by atoms with Crippen molar-refractivity contribution >= 4 is 5.78 Å². The molecule has 0 radical (unpaired) electrons. The minimum Gasteiger partial charge on any atom is -0.294 e. The molecule has 0 N–H and O–H groups in total. The maximum atomic E-state index is 11.5. The van der Waals surface area contributed by atoms with Gasteiger partial charge in [-0.3, -0.25) is 4.79 Å². The minimum absolute atomic E-state index is 0.189. The standard InChI is InChI=1S/C13H18O/c1-4-5-8-12-9-6-7-10(2)13(12)11(3)14/h6-7,9H,4-5,8H2,1-3H3. The summed E-state index contributed by atoms with van der Waals surface area (Å²) < 4.78 is 0. The highest BCUT2D eigenvalue weighted by Crippen LogP contribution is 2.17. The topological polar surface area (TPSA) is 17.1 Å². The van der Waals surface area contributed by atoms with Crippen molar-refractivity contribution in [3.05, 3.63) is 34.9 Å². The molecule has 1 aromatic rings. The first-order valence-corrected chi connectivity index (χ1v) is 5.26. The molecule has 76 valence electrons. The molecule has 0 amide bonds. The van der Waals surface area contributed by atoms with Crippen molar-refractivity contribution in [2.24, 2.45) is 0 Å². The number of aryl methyl sites for hydroxylation is 2. The fraction of sp³-hybridized carbons (Fsp3) is 0.462. The third-order valence-corrected chi connectivity index (χ3v) is 2.51. The lowest BCUT2D eigenvalue weighted by Crippen LogP contribution is -2.02. The molecule has 1 heteroatoms. The second-order valence-corrected chi connectivity index (χ2v) is 3.77. The molecule has 0 bridgehead atoms. The first kappa shape index (κ1) is 11.0. The van der Waals surface area contributed by atoms with Gasteiger partial charge in [0.05, 0.1) is 0 Å². The van der Waals surface area contributed by atoms with Crippen LogP contribution < -0.4 is 0 Å². The SMILES string of the molecule is CCCCc1cccc(C)c1C(C)=O. The molecule has 0 saturated carbocycles. The molecule has 0 unspecified atom stereocenters. The molecule has 0 spiro atoms. The van der Waals surface area contributed by atoms with E-state index in [0.29, 0.717) is 0 Å². The van der Waals surface area contributed by atoms with Crippen molar-refractivity contribution in [2.45, 2.75) is 40.0 Å². The summed E-state index contributed by atoms with van der Waals surface area (Å²) in [6.07, 6.45) is 3.35. The fourth-order valence-corrected chi connectivity index (χ4v) is 1.81. The van der Waals surface area contributed by atoms with Gasteiger partial charge in [-0.05, 0) is 37.8 Å². The van der Waals surface area contributed by atoms with Crippen LogP contribution in [-0.4, -0.2) is 5.78 Å². The summed E-state index contributed by atoms with van der Waals surface area (Å²) in [5, 5.41) is 0. The Morgan fingerprint density at radius 3 is 2.64 bits per heavy atom. The molecular weight excluding hydrogens is 172 g/mol. The van der Waals surface area contributed by atoms with E-state index in [1.54, 1.807) is 6.92 Å². The van der Waals surface area contributed by atoms with E-state index in [2.05, 4.69) is 13.0 Å². The molecule has 0 heterocycles.